The van der Waals surface area contributed by atoms with Crippen LogP contribution in [0.2, 0.25) is 0 Å². The highest BCUT2D eigenvalue weighted by Gasteiger charge is 2.35. The van der Waals surface area contributed by atoms with E-state index >= 15 is 0 Å². The number of hydrogen-bond acceptors (Lipinski definition) is 2. The molecule has 1 aromatic rings. The van der Waals surface area contributed by atoms with Crippen molar-refractivity contribution in [3.63, 3.8) is 0 Å². The van der Waals surface area contributed by atoms with Crippen LogP contribution in [0.4, 0.5) is 0 Å². The van der Waals surface area contributed by atoms with Gasteiger partial charge in [-0.15, -0.1) is 0 Å². The van der Waals surface area contributed by atoms with E-state index in [0.29, 0.717) is 0 Å². The summed E-state index contributed by atoms with van der Waals surface area (Å²) in [6.45, 7) is 3.58. The molecule has 3 heterocycles. The Balaban J connectivity index is 1.63. The van der Waals surface area contributed by atoms with Gasteiger partial charge in [-0.2, -0.15) is 0 Å². The standard InChI is InChI=1S/C12H16N2/c1-2-4-10(5-3-1)7-14-8-11-6-12(9-14)13-11/h1-5,11-13H,6-9H2/t11-,12-/m0/s1. The third-order valence-electron chi connectivity index (χ3n) is 3.25. The number of rotatable bonds is 2. The largest absolute Gasteiger partial charge is 0.309 e. The minimum absolute atomic E-state index is 0.775. The fourth-order valence-electron chi connectivity index (χ4n) is 2.58. The Labute approximate surface area is 84.9 Å². The molecule has 3 fully saturated rings. The number of benzene rings is 1. The predicted octanol–water partition coefficient (Wildman–Crippen LogP) is 1.23. The number of piperidine rings is 1. The molecular weight excluding hydrogens is 172 g/mol. The van der Waals surface area contributed by atoms with Crippen LogP contribution in [-0.4, -0.2) is 30.1 Å². The summed E-state index contributed by atoms with van der Waals surface area (Å²) in [5, 5.41) is 3.55. The smallest absolute Gasteiger partial charge is 0.0235 e. The van der Waals surface area contributed by atoms with Gasteiger partial charge in [-0.25, -0.2) is 0 Å². The quantitative estimate of drug-likeness (QED) is 0.751. The lowest BCUT2D eigenvalue weighted by Crippen LogP contribution is -2.66. The molecule has 2 bridgehead atoms. The molecular formula is C12H16N2. The maximum Gasteiger partial charge on any atom is 0.0235 e. The van der Waals surface area contributed by atoms with Crippen LogP contribution in [0.1, 0.15) is 12.0 Å². The SMILES string of the molecule is c1ccc(CN2C[C@@H]3C[C@@H](C2)N3)cc1. The van der Waals surface area contributed by atoms with Crippen molar-refractivity contribution in [2.75, 3.05) is 13.1 Å². The van der Waals surface area contributed by atoms with Crippen LogP contribution in [0.5, 0.6) is 0 Å². The summed E-state index contributed by atoms with van der Waals surface area (Å²) in [4.78, 5) is 2.56. The van der Waals surface area contributed by atoms with E-state index in [0.717, 1.165) is 18.6 Å². The van der Waals surface area contributed by atoms with Gasteiger partial charge in [0.1, 0.15) is 0 Å². The number of hydrogen-bond donors (Lipinski definition) is 1. The average molecular weight is 188 g/mol. The Morgan fingerprint density at radius 1 is 1.14 bits per heavy atom. The third-order valence-corrected chi connectivity index (χ3v) is 3.25. The second-order valence-corrected chi connectivity index (χ2v) is 4.48. The average Bonchev–Trinajstić information content (AvgIpc) is 2.18. The lowest BCUT2D eigenvalue weighted by atomic mass is 9.91. The Morgan fingerprint density at radius 3 is 2.43 bits per heavy atom. The molecule has 0 radical (unpaired) electrons. The van der Waals surface area contributed by atoms with E-state index < -0.39 is 0 Å². The van der Waals surface area contributed by atoms with Gasteiger partial charge in [0.25, 0.3) is 0 Å². The second kappa shape index (κ2) is 3.37. The zero-order valence-corrected chi connectivity index (χ0v) is 8.32. The predicted molar refractivity (Wildman–Crippen MR) is 57.0 cm³/mol. The lowest BCUT2D eigenvalue weighted by Gasteiger charge is -2.48. The van der Waals surface area contributed by atoms with E-state index in [1.54, 1.807) is 0 Å². The summed E-state index contributed by atoms with van der Waals surface area (Å²) in [5.41, 5.74) is 1.44. The summed E-state index contributed by atoms with van der Waals surface area (Å²) in [6.07, 6.45) is 1.39. The van der Waals surface area contributed by atoms with Gasteiger partial charge in [-0.05, 0) is 12.0 Å². The van der Waals surface area contributed by atoms with Crippen LogP contribution in [0.25, 0.3) is 0 Å². The number of piperazine rings is 1. The molecule has 0 aliphatic carbocycles. The van der Waals surface area contributed by atoms with E-state index in [1.807, 2.05) is 0 Å². The van der Waals surface area contributed by atoms with Crippen molar-refractivity contribution >= 4 is 0 Å². The molecule has 1 aromatic carbocycles. The molecule has 1 N–H and O–H groups in total. The summed E-state index contributed by atoms with van der Waals surface area (Å²) in [5.74, 6) is 0. The summed E-state index contributed by atoms with van der Waals surface area (Å²) >= 11 is 0. The third kappa shape index (κ3) is 1.56. The maximum absolute atomic E-state index is 3.55. The molecule has 0 aromatic heterocycles. The van der Waals surface area contributed by atoms with E-state index in [4.69, 9.17) is 0 Å². The first-order chi connectivity index (χ1) is 6.90. The van der Waals surface area contributed by atoms with Crippen molar-refractivity contribution in [2.45, 2.75) is 25.0 Å². The monoisotopic (exact) mass is 188 g/mol. The molecule has 2 heteroatoms. The molecule has 3 aliphatic heterocycles. The van der Waals surface area contributed by atoms with Crippen LogP contribution in [-0.2, 0) is 6.54 Å². The first-order valence-electron chi connectivity index (χ1n) is 5.42. The zero-order valence-electron chi connectivity index (χ0n) is 8.32. The molecule has 2 atom stereocenters. The normalized spacial score (nSPS) is 31.1. The van der Waals surface area contributed by atoms with E-state index in [2.05, 4.69) is 40.5 Å². The van der Waals surface area contributed by atoms with Gasteiger partial charge in [0, 0.05) is 31.7 Å². The Morgan fingerprint density at radius 2 is 1.79 bits per heavy atom. The van der Waals surface area contributed by atoms with Crippen LogP contribution in [0.15, 0.2) is 30.3 Å². The van der Waals surface area contributed by atoms with Crippen molar-refractivity contribution in [1.29, 1.82) is 0 Å². The van der Waals surface area contributed by atoms with Gasteiger partial charge < -0.3 is 5.32 Å². The number of fused-ring (bicyclic) bond motifs is 2. The van der Waals surface area contributed by atoms with Crippen molar-refractivity contribution in [2.24, 2.45) is 0 Å². The second-order valence-electron chi connectivity index (χ2n) is 4.48. The molecule has 3 saturated heterocycles. The zero-order chi connectivity index (χ0) is 9.38. The Hall–Kier alpha value is -0.860. The van der Waals surface area contributed by atoms with Crippen LogP contribution in [0, 0.1) is 0 Å². The van der Waals surface area contributed by atoms with Gasteiger partial charge in [0.2, 0.25) is 0 Å². The maximum atomic E-state index is 3.55. The Bertz CT molecular complexity index is 293. The highest BCUT2D eigenvalue weighted by atomic mass is 15.3. The molecule has 74 valence electrons. The summed E-state index contributed by atoms with van der Waals surface area (Å²) in [6, 6.07) is 12.3. The van der Waals surface area contributed by atoms with Crippen molar-refractivity contribution < 1.29 is 0 Å². The molecule has 4 rings (SSSR count). The van der Waals surface area contributed by atoms with Gasteiger partial charge >= 0.3 is 0 Å². The van der Waals surface area contributed by atoms with Gasteiger partial charge in [-0.3, -0.25) is 4.90 Å². The minimum Gasteiger partial charge on any atom is -0.309 e. The first-order valence-corrected chi connectivity index (χ1v) is 5.42. The highest BCUT2D eigenvalue weighted by Crippen LogP contribution is 2.21. The summed E-state index contributed by atoms with van der Waals surface area (Å²) in [7, 11) is 0. The molecule has 2 nitrogen and oxygen atoms in total. The molecule has 0 spiro atoms. The van der Waals surface area contributed by atoms with E-state index in [-0.39, 0.29) is 0 Å². The van der Waals surface area contributed by atoms with Crippen molar-refractivity contribution in [3.05, 3.63) is 35.9 Å². The lowest BCUT2D eigenvalue weighted by molar-refractivity contribution is 0.0726. The van der Waals surface area contributed by atoms with Crippen molar-refractivity contribution in [1.82, 2.24) is 10.2 Å². The van der Waals surface area contributed by atoms with Gasteiger partial charge in [-0.1, -0.05) is 30.3 Å². The highest BCUT2D eigenvalue weighted by molar-refractivity contribution is 5.15. The summed E-state index contributed by atoms with van der Waals surface area (Å²) < 4.78 is 0. The van der Waals surface area contributed by atoms with Gasteiger partial charge in [0.05, 0.1) is 0 Å². The van der Waals surface area contributed by atoms with Crippen LogP contribution >= 0.6 is 0 Å². The minimum atomic E-state index is 0.775. The van der Waals surface area contributed by atoms with E-state index in [9.17, 15) is 0 Å². The van der Waals surface area contributed by atoms with Gasteiger partial charge in [0.15, 0.2) is 0 Å². The topological polar surface area (TPSA) is 15.3 Å². The first kappa shape index (κ1) is 8.45. The molecule has 0 amide bonds. The molecule has 3 aliphatic rings. The van der Waals surface area contributed by atoms with Crippen LogP contribution in [0.3, 0.4) is 0 Å². The number of nitrogens with zero attached hydrogens (tertiary/aromatic N) is 1. The van der Waals surface area contributed by atoms with Crippen molar-refractivity contribution in [3.8, 4) is 0 Å². The molecule has 0 unspecified atom stereocenters. The Kier molecular flexibility index (Phi) is 2.03. The fraction of sp³-hybridized carbons (Fsp3) is 0.500. The molecule has 14 heavy (non-hydrogen) atoms. The van der Waals surface area contributed by atoms with E-state index in [1.165, 1.54) is 25.1 Å². The van der Waals surface area contributed by atoms with Crippen LogP contribution < -0.4 is 5.32 Å². The fourth-order valence-corrected chi connectivity index (χ4v) is 2.58. The molecule has 0 saturated carbocycles. The number of nitrogens with one attached hydrogen (secondary N) is 1.